The van der Waals surface area contributed by atoms with Crippen molar-refractivity contribution >= 4 is 0 Å². The molecule has 0 N–H and O–H groups in total. The minimum atomic E-state index is -0.149. The van der Waals surface area contributed by atoms with Gasteiger partial charge in [0.15, 0.2) is 0 Å². The van der Waals surface area contributed by atoms with Crippen LogP contribution in [0.1, 0.15) is 18.4 Å². The monoisotopic (exact) mass is 223 g/mol. The summed E-state index contributed by atoms with van der Waals surface area (Å²) < 4.78 is 18.3. The highest BCUT2D eigenvalue weighted by Gasteiger charge is 2.18. The van der Waals surface area contributed by atoms with E-state index in [-0.39, 0.29) is 5.82 Å². The molecule has 0 atom stereocenters. The highest BCUT2D eigenvalue weighted by molar-refractivity contribution is 5.16. The van der Waals surface area contributed by atoms with Crippen LogP contribution in [-0.2, 0) is 11.3 Å². The first-order chi connectivity index (χ1) is 7.78. The van der Waals surface area contributed by atoms with E-state index in [2.05, 4.69) is 4.90 Å². The summed E-state index contributed by atoms with van der Waals surface area (Å²) in [5.41, 5.74) is 1.05. The molecule has 0 bridgehead atoms. The number of piperidine rings is 1. The van der Waals surface area contributed by atoms with Gasteiger partial charge in [0.05, 0.1) is 6.10 Å². The summed E-state index contributed by atoms with van der Waals surface area (Å²) in [6.07, 6.45) is 2.56. The summed E-state index contributed by atoms with van der Waals surface area (Å²) >= 11 is 0. The minimum absolute atomic E-state index is 0.149. The zero-order chi connectivity index (χ0) is 11.4. The molecule has 1 aliphatic heterocycles. The second kappa shape index (κ2) is 5.41. The van der Waals surface area contributed by atoms with Gasteiger partial charge in [0, 0.05) is 26.7 Å². The summed E-state index contributed by atoms with van der Waals surface area (Å²) in [7, 11) is 1.77. The van der Waals surface area contributed by atoms with Crippen LogP contribution in [0, 0.1) is 5.82 Å². The molecule has 0 radical (unpaired) electrons. The molecule has 0 amide bonds. The number of rotatable bonds is 3. The molecular formula is C13H18FNO. The van der Waals surface area contributed by atoms with Gasteiger partial charge in [-0.2, -0.15) is 0 Å². The molecular weight excluding hydrogens is 205 g/mol. The van der Waals surface area contributed by atoms with Crippen LogP contribution >= 0.6 is 0 Å². The molecule has 1 aromatic carbocycles. The summed E-state index contributed by atoms with van der Waals surface area (Å²) in [5, 5.41) is 0. The lowest BCUT2D eigenvalue weighted by atomic mass is 10.1. The van der Waals surface area contributed by atoms with Crippen molar-refractivity contribution in [2.45, 2.75) is 25.5 Å². The molecule has 1 fully saturated rings. The predicted molar refractivity (Wildman–Crippen MR) is 61.7 cm³/mol. The fraction of sp³-hybridized carbons (Fsp3) is 0.538. The normalized spacial score (nSPS) is 18.9. The van der Waals surface area contributed by atoms with Gasteiger partial charge in [-0.15, -0.1) is 0 Å². The van der Waals surface area contributed by atoms with Crippen molar-refractivity contribution in [2.24, 2.45) is 0 Å². The third-order valence-electron chi connectivity index (χ3n) is 3.16. The van der Waals surface area contributed by atoms with Gasteiger partial charge in [-0.1, -0.05) is 12.1 Å². The Morgan fingerprint density at radius 2 is 2.12 bits per heavy atom. The van der Waals surface area contributed by atoms with Gasteiger partial charge in [-0.3, -0.25) is 4.90 Å². The largest absolute Gasteiger partial charge is 0.381 e. The number of nitrogens with zero attached hydrogens (tertiary/aromatic N) is 1. The number of hydrogen-bond acceptors (Lipinski definition) is 2. The average molecular weight is 223 g/mol. The van der Waals surface area contributed by atoms with Crippen LogP contribution in [-0.4, -0.2) is 31.2 Å². The van der Waals surface area contributed by atoms with Gasteiger partial charge in [0.25, 0.3) is 0 Å². The third kappa shape index (κ3) is 3.03. The van der Waals surface area contributed by atoms with Crippen LogP contribution < -0.4 is 0 Å². The van der Waals surface area contributed by atoms with Crippen LogP contribution in [0.3, 0.4) is 0 Å². The van der Waals surface area contributed by atoms with Crippen molar-refractivity contribution in [3.63, 3.8) is 0 Å². The maximum atomic E-state index is 13.0. The van der Waals surface area contributed by atoms with Gasteiger partial charge >= 0.3 is 0 Å². The Bertz CT molecular complexity index is 334. The smallest absolute Gasteiger partial charge is 0.123 e. The lowest BCUT2D eigenvalue weighted by molar-refractivity contribution is 0.0388. The van der Waals surface area contributed by atoms with E-state index < -0.39 is 0 Å². The standard InChI is InChI=1S/C13H18FNO/c1-16-13-5-7-15(8-6-13)10-11-3-2-4-12(14)9-11/h2-4,9,13H,5-8,10H2,1H3. The summed E-state index contributed by atoms with van der Waals surface area (Å²) in [5.74, 6) is -0.149. The molecule has 2 nitrogen and oxygen atoms in total. The molecule has 88 valence electrons. The lowest BCUT2D eigenvalue weighted by Crippen LogP contribution is -2.36. The molecule has 0 spiro atoms. The number of ether oxygens (including phenoxy) is 1. The second-order valence-electron chi connectivity index (χ2n) is 4.34. The number of likely N-dealkylation sites (tertiary alicyclic amines) is 1. The average Bonchev–Trinajstić information content (AvgIpc) is 2.30. The van der Waals surface area contributed by atoms with Crippen LogP contribution in [0.25, 0.3) is 0 Å². The van der Waals surface area contributed by atoms with Gasteiger partial charge < -0.3 is 4.74 Å². The number of halogens is 1. The van der Waals surface area contributed by atoms with Gasteiger partial charge in [-0.25, -0.2) is 4.39 Å². The van der Waals surface area contributed by atoms with E-state index in [0.717, 1.165) is 38.0 Å². The minimum Gasteiger partial charge on any atom is -0.381 e. The lowest BCUT2D eigenvalue weighted by Gasteiger charge is -2.31. The molecule has 0 aliphatic carbocycles. The molecule has 0 saturated carbocycles. The van der Waals surface area contributed by atoms with Gasteiger partial charge in [-0.05, 0) is 30.5 Å². The SMILES string of the molecule is COC1CCN(Cc2cccc(F)c2)CC1. The summed E-state index contributed by atoms with van der Waals surface area (Å²) in [4.78, 5) is 2.35. The Hall–Kier alpha value is -0.930. The topological polar surface area (TPSA) is 12.5 Å². The van der Waals surface area contributed by atoms with Crippen molar-refractivity contribution in [3.05, 3.63) is 35.6 Å². The molecule has 1 saturated heterocycles. The molecule has 3 heteroatoms. The molecule has 2 rings (SSSR count). The Balaban J connectivity index is 1.87. The van der Waals surface area contributed by atoms with Crippen LogP contribution in [0.5, 0.6) is 0 Å². The van der Waals surface area contributed by atoms with Crippen molar-refractivity contribution in [1.29, 1.82) is 0 Å². The van der Waals surface area contributed by atoms with Crippen LogP contribution in [0.15, 0.2) is 24.3 Å². The second-order valence-corrected chi connectivity index (χ2v) is 4.34. The number of methoxy groups -OCH3 is 1. The number of benzene rings is 1. The zero-order valence-corrected chi connectivity index (χ0v) is 9.66. The molecule has 1 heterocycles. The molecule has 16 heavy (non-hydrogen) atoms. The van der Waals surface area contributed by atoms with E-state index in [4.69, 9.17) is 4.74 Å². The highest BCUT2D eigenvalue weighted by atomic mass is 19.1. The molecule has 0 aromatic heterocycles. The van der Waals surface area contributed by atoms with E-state index >= 15 is 0 Å². The Kier molecular flexibility index (Phi) is 3.91. The maximum absolute atomic E-state index is 13.0. The predicted octanol–water partition coefficient (Wildman–Crippen LogP) is 2.44. The third-order valence-corrected chi connectivity index (χ3v) is 3.16. The first-order valence-corrected chi connectivity index (χ1v) is 5.77. The molecule has 1 aliphatic rings. The summed E-state index contributed by atoms with van der Waals surface area (Å²) in [6, 6.07) is 6.85. The summed E-state index contributed by atoms with van der Waals surface area (Å²) in [6.45, 7) is 2.91. The molecule has 0 unspecified atom stereocenters. The van der Waals surface area contributed by atoms with Crippen molar-refractivity contribution in [1.82, 2.24) is 4.90 Å². The van der Waals surface area contributed by atoms with E-state index in [1.54, 1.807) is 19.2 Å². The number of hydrogen-bond donors (Lipinski definition) is 0. The highest BCUT2D eigenvalue weighted by Crippen LogP contribution is 2.15. The van der Waals surface area contributed by atoms with Crippen molar-refractivity contribution < 1.29 is 9.13 Å². The maximum Gasteiger partial charge on any atom is 0.123 e. The van der Waals surface area contributed by atoms with Crippen LogP contribution in [0.2, 0.25) is 0 Å². The Morgan fingerprint density at radius 1 is 1.38 bits per heavy atom. The first kappa shape index (κ1) is 11.6. The fourth-order valence-corrected chi connectivity index (χ4v) is 2.20. The van der Waals surface area contributed by atoms with Crippen molar-refractivity contribution in [2.75, 3.05) is 20.2 Å². The quantitative estimate of drug-likeness (QED) is 0.780. The van der Waals surface area contributed by atoms with Crippen LogP contribution in [0.4, 0.5) is 4.39 Å². The molecule has 1 aromatic rings. The Labute approximate surface area is 96.0 Å². The Morgan fingerprint density at radius 3 is 2.75 bits per heavy atom. The van der Waals surface area contributed by atoms with Gasteiger partial charge in [0.1, 0.15) is 5.82 Å². The van der Waals surface area contributed by atoms with Gasteiger partial charge in [0.2, 0.25) is 0 Å². The van der Waals surface area contributed by atoms with E-state index in [1.165, 1.54) is 6.07 Å². The van der Waals surface area contributed by atoms with Crippen molar-refractivity contribution in [3.8, 4) is 0 Å². The fourth-order valence-electron chi connectivity index (χ4n) is 2.20. The van der Waals surface area contributed by atoms with E-state index in [1.807, 2.05) is 6.07 Å². The van der Waals surface area contributed by atoms with E-state index in [0.29, 0.717) is 6.10 Å². The van der Waals surface area contributed by atoms with E-state index in [9.17, 15) is 4.39 Å². The zero-order valence-electron chi connectivity index (χ0n) is 9.66. The first-order valence-electron chi connectivity index (χ1n) is 5.77.